The van der Waals surface area contributed by atoms with Gasteiger partial charge in [0.2, 0.25) is 0 Å². The third-order valence-electron chi connectivity index (χ3n) is 2.82. The Hall–Kier alpha value is -1.66. The molecule has 0 spiro atoms. The fourth-order valence-corrected chi connectivity index (χ4v) is 1.77. The number of ether oxygens (including phenoxy) is 1. The van der Waals surface area contributed by atoms with Gasteiger partial charge in [-0.1, -0.05) is 6.07 Å². The second-order valence-electron chi connectivity index (χ2n) is 4.64. The number of rotatable bonds is 7. The van der Waals surface area contributed by atoms with Crippen LogP contribution in [0, 0.1) is 10.1 Å². The Kier molecular flexibility index (Phi) is 5.72. The third kappa shape index (κ3) is 4.84. The SMILES string of the molecule is COc1cc(CN(C)CCC(C)O)ccc1[N+](=O)[O-]. The molecule has 19 heavy (non-hydrogen) atoms. The summed E-state index contributed by atoms with van der Waals surface area (Å²) in [6.07, 6.45) is 0.370. The molecule has 1 aromatic rings. The molecule has 0 amide bonds. The minimum absolute atomic E-state index is 0.0297. The van der Waals surface area contributed by atoms with E-state index in [1.807, 2.05) is 11.9 Å². The molecule has 0 heterocycles. The van der Waals surface area contributed by atoms with Crippen LogP contribution in [0.3, 0.4) is 0 Å². The minimum atomic E-state index is -0.459. The molecule has 0 bridgehead atoms. The number of nitro groups is 1. The van der Waals surface area contributed by atoms with Gasteiger partial charge in [0.15, 0.2) is 5.75 Å². The zero-order chi connectivity index (χ0) is 14.4. The number of aliphatic hydroxyl groups excluding tert-OH is 1. The van der Waals surface area contributed by atoms with Crippen LogP contribution in [0.25, 0.3) is 0 Å². The predicted octanol–water partition coefficient (Wildman–Crippen LogP) is 1.81. The summed E-state index contributed by atoms with van der Waals surface area (Å²) in [7, 11) is 3.36. The third-order valence-corrected chi connectivity index (χ3v) is 2.82. The molecule has 1 N–H and O–H groups in total. The van der Waals surface area contributed by atoms with Crippen LogP contribution in [0.1, 0.15) is 18.9 Å². The van der Waals surface area contributed by atoms with E-state index >= 15 is 0 Å². The molecule has 0 aromatic heterocycles. The topological polar surface area (TPSA) is 75.8 Å². The summed E-state index contributed by atoms with van der Waals surface area (Å²) in [4.78, 5) is 12.4. The molecule has 0 fully saturated rings. The Labute approximate surface area is 112 Å². The molecule has 106 valence electrons. The van der Waals surface area contributed by atoms with E-state index in [9.17, 15) is 15.2 Å². The van der Waals surface area contributed by atoms with E-state index in [-0.39, 0.29) is 17.5 Å². The van der Waals surface area contributed by atoms with Crippen LogP contribution in [0.2, 0.25) is 0 Å². The number of benzene rings is 1. The van der Waals surface area contributed by atoms with Crippen molar-refractivity contribution in [3.63, 3.8) is 0 Å². The smallest absolute Gasteiger partial charge is 0.310 e. The van der Waals surface area contributed by atoms with Crippen LogP contribution in [0.15, 0.2) is 18.2 Å². The Balaban J connectivity index is 2.71. The molecule has 6 nitrogen and oxygen atoms in total. The first-order chi connectivity index (χ1) is 8.93. The summed E-state index contributed by atoms with van der Waals surface area (Å²) in [6, 6.07) is 4.85. The molecular weight excluding hydrogens is 248 g/mol. The van der Waals surface area contributed by atoms with E-state index in [0.717, 1.165) is 12.1 Å². The number of nitrogens with zero attached hydrogens (tertiary/aromatic N) is 2. The van der Waals surface area contributed by atoms with E-state index in [1.165, 1.54) is 13.2 Å². The van der Waals surface area contributed by atoms with E-state index in [0.29, 0.717) is 13.0 Å². The highest BCUT2D eigenvalue weighted by Gasteiger charge is 2.15. The van der Waals surface area contributed by atoms with E-state index in [4.69, 9.17) is 4.74 Å². The van der Waals surface area contributed by atoms with Crippen LogP contribution >= 0.6 is 0 Å². The van der Waals surface area contributed by atoms with Crippen molar-refractivity contribution in [3.8, 4) is 5.75 Å². The highest BCUT2D eigenvalue weighted by atomic mass is 16.6. The van der Waals surface area contributed by atoms with Gasteiger partial charge in [-0.25, -0.2) is 0 Å². The van der Waals surface area contributed by atoms with Gasteiger partial charge in [-0.05, 0) is 32.0 Å². The lowest BCUT2D eigenvalue weighted by Crippen LogP contribution is -2.22. The first-order valence-electron chi connectivity index (χ1n) is 6.12. The minimum Gasteiger partial charge on any atom is -0.490 e. The normalized spacial score (nSPS) is 12.5. The first kappa shape index (κ1) is 15.4. The van der Waals surface area contributed by atoms with E-state index < -0.39 is 4.92 Å². The Morgan fingerprint density at radius 3 is 2.74 bits per heavy atom. The number of nitro benzene ring substituents is 1. The Morgan fingerprint density at radius 2 is 2.21 bits per heavy atom. The van der Waals surface area contributed by atoms with Gasteiger partial charge in [-0.3, -0.25) is 10.1 Å². The van der Waals surface area contributed by atoms with Gasteiger partial charge in [0.1, 0.15) is 0 Å². The Morgan fingerprint density at radius 1 is 1.53 bits per heavy atom. The number of methoxy groups -OCH3 is 1. The fourth-order valence-electron chi connectivity index (χ4n) is 1.77. The van der Waals surface area contributed by atoms with Crippen molar-refractivity contribution in [1.29, 1.82) is 0 Å². The summed E-state index contributed by atoms with van der Waals surface area (Å²) in [5.74, 6) is 0.270. The highest BCUT2D eigenvalue weighted by molar-refractivity contribution is 5.48. The van der Waals surface area contributed by atoms with Gasteiger partial charge in [-0.15, -0.1) is 0 Å². The molecule has 0 saturated heterocycles. The molecule has 0 saturated carbocycles. The molecular formula is C13H20N2O4. The highest BCUT2D eigenvalue weighted by Crippen LogP contribution is 2.27. The largest absolute Gasteiger partial charge is 0.490 e. The van der Waals surface area contributed by atoms with Crippen molar-refractivity contribution in [3.05, 3.63) is 33.9 Å². The molecule has 0 aliphatic carbocycles. The van der Waals surface area contributed by atoms with Gasteiger partial charge in [0, 0.05) is 19.2 Å². The van der Waals surface area contributed by atoms with Crippen molar-refractivity contribution in [2.24, 2.45) is 0 Å². The average Bonchev–Trinajstić information content (AvgIpc) is 2.35. The van der Waals surface area contributed by atoms with Gasteiger partial charge >= 0.3 is 5.69 Å². The maximum Gasteiger partial charge on any atom is 0.310 e. The summed E-state index contributed by atoms with van der Waals surface area (Å²) < 4.78 is 5.03. The van der Waals surface area contributed by atoms with Gasteiger partial charge < -0.3 is 14.7 Å². The van der Waals surface area contributed by atoms with Crippen molar-refractivity contribution in [2.45, 2.75) is 26.0 Å². The number of aliphatic hydroxyl groups is 1. The van der Waals surface area contributed by atoms with Crippen molar-refractivity contribution < 1.29 is 14.8 Å². The lowest BCUT2D eigenvalue weighted by atomic mass is 10.1. The second-order valence-corrected chi connectivity index (χ2v) is 4.64. The van der Waals surface area contributed by atoms with Crippen LogP contribution in [-0.4, -0.2) is 41.7 Å². The maximum atomic E-state index is 10.8. The van der Waals surface area contributed by atoms with Gasteiger partial charge in [0.05, 0.1) is 18.1 Å². The molecule has 1 rings (SSSR count). The van der Waals surface area contributed by atoms with Crippen LogP contribution in [0.5, 0.6) is 5.75 Å². The molecule has 1 aromatic carbocycles. The summed E-state index contributed by atoms with van der Waals surface area (Å²) in [6.45, 7) is 3.17. The molecule has 1 atom stereocenters. The summed E-state index contributed by atoms with van der Waals surface area (Å²) in [5, 5.41) is 20.0. The van der Waals surface area contributed by atoms with Crippen LogP contribution in [0.4, 0.5) is 5.69 Å². The second kappa shape index (κ2) is 7.06. The number of hydrogen-bond acceptors (Lipinski definition) is 5. The van der Waals surface area contributed by atoms with E-state index in [2.05, 4.69) is 0 Å². The molecule has 0 aliphatic heterocycles. The summed E-state index contributed by atoms with van der Waals surface area (Å²) in [5.41, 5.74) is 0.911. The fraction of sp³-hybridized carbons (Fsp3) is 0.538. The molecule has 6 heteroatoms. The lowest BCUT2D eigenvalue weighted by Gasteiger charge is -2.17. The average molecular weight is 268 g/mol. The first-order valence-corrected chi connectivity index (χ1v) is 6.12. The molecule has 0 aliphatic rings. The van der Waals surface area contributed by atoms with Crippen molar-refractivity contribution in [2.75, 3.05) is 20.7 Å². The monoisotopic (exact) mass is 268 g/mol. The molecule has 0 radical (unpaired) electrons. The van der Waals surface area contributed by atoms with Gasteiger partial charge in [-0.2, -0.15) is 0 Å². The Bertz CT molecular complexity index is 435. The lowest BCUT2D eigenvalue weighted by molar-refractivity contribution is -0.385. The van der Waals surface area contributed by atoms with Crippen LogP contribution < -0.4 is 4.74 Å². The molecule has 1 unspecified atom stereocenters. The maximum absolute atomic E-state index is 10.8. The van der Waals surface area contributed by atoms with Gasteiger partial charge in [0.25, 0.3) is 0 Å². The van der Waals surface area contributed by atoms with Crippen LogP contribution in [-0.2, 0) is 6.54 Å². The summed E-state index contributed by atoms with van der Waals surface area (Å²) >= 11 is 0. The van der Waals surface area contributed by atoms with Crippen molar-refractivity contribution in [1.82, 2.24) is 4.90 Å². The van der Waals surface area contributed by atoms with Crippen molar-refractivity contribution >= 4 is 5.69 Å². The predicted molar refractivity (Wildman–Crippen MR) is 72.3 cm³/mol. The quantitative estimate of drug-likeness (QED) is 0.603. The number of hydrogen-bond donors (Lipinski definition) is 1. The standard InChI is InChI=1S/C13H20N2O4/c1-10(16)6-7-14(2)9-11-4-5-12(15(17)18)13(8-11)19-3/h4-5,8,10,16H,6-7,9H2,1-3H3. The van der Waals surface area contributed by atoms with E-state index in [1.54, 1.807) is 19.1 Å². The zero-order valence-electron chi connectivity index (χ0n) is 11.5. The zero-order valence-corrected chi connectivity index (χ0v) is 11.5.